The number of pyridine rings is 1. The Labute approximate surface area is 134 Å². The standard InChI is InChI=1S/C16H29ClN4/c1-6-10-18-11-15-14(17)8-9-16(19-15)21(7-2)13(3)12-20(4)5/h8-9,13,18H,6-7,10-12H2,1-5H3. The van der Waals surface area contributed by atoms with Crippen LogP contribution in [0.25, 0.3) is 0 Å². The van der Waals surface area contributed by atoms with Gasteiger partial charge in [-0.05, 0) is 53.0 Å². The largest absolute Gasteiger partial charge is 0.353 e. The molecule has 120 valence electrons. The smallest absolute Gasteiger partial charge is 0.129 e. The van der Waals surface area contributed by atoms with Crippen molar-refractivity contribution in [3.05, 3.63) is 22.8 Å². The summed E-state index contributed by atoms with van der Waals surface area (Å²) >= 11 is 6.26. The lowest BCUT2D eigenvalue weighted by molar-refractivity contribution is 0.372. The topological polar surface area (TPSA) is 31.4 Å². The molecule has 0 radical (unpaired) electrons. The summed E-state index contributed by atoms with van der Waals surface area (Å²) in [4.78, 5) is 9.28. The molecule has 0 bridgehead atoms. The maximum atomic E-state index is 6.26. The van der Waals surface area contributed by atoms with Gasteiger partial charge in [0, 0.05) is 25.7 Å². The van der Waals surface area contributed by atoms with E-state index in [1.807, 2.05) is 12.1 Å². The second-order valence-electron chi connectivity index (χ2n) is 5.67. The summed E-state index contributed by atoms with van der Waals surface area (Å²) in [5, 5.41) is 4.10. The fourth-order valence-electron chi connectivity index (χ4n) is 2.47. The third-order valence-electron chi connectivity index (χ3n) is 3.42. The van der Waals surface area contributed by atoms with E-state index in [0.717, 1.165) is 49.1 Å². The van der Waals surface area contributed by atoms with Gasteiger partial charge in [-0.25, -0.2) is 4.98 Å². The molecule has 0 spiro atoms. The molecule has 0 aliphatic carbocycles. The van der Waals surface area contributed by atoms with Gasteiger partial charge in [-0.1, -0.05) is 18.5 Å². The van der Waals surface area contributed by atoms with Crippen LogP contribution in [-0.4, -0.2) is 49.7 Å². The minimum Gasteiger partial charge on any atom is -0.353 e. The van der Waals surface area contributed by atoms with Crippen LogP contribution in [0.15, 0.2) is 12.1 Å². The van der Waals surface area contributed by atoms with E-state index in [1.165, 1.54) is 0 Å². The van der Waals surface area contributed by atoms with Gasteiger partial charge in [0.1, 0.15) is 5.82 Å². The van der Waals surface area contributed by atoms with Gasteiger partial charge in [0.15, 0.2) is 0 Å². The summed E-state index contributed by atoms with van der Waals surface area (Å²) in [5.74, 6) is 1.00. The normalized spacial score (nSPS) is 12.7. The molecule has 1 N–H and O–H groups in total. The molecule has 0 saturated heterocycles. The van der Waals surface area contributed by atoms with Gasteiger partial charge in [0.2, 0.25) is 0 Å². The van der Waals surface area contributed by atoms with Gasteiger partial charge in [0.25, 0.3) is 0 Å². The van der Waals surface area contributed by atoms with E-state index in [1.54, 1.807) is 0 Å². The molecular weight excluding hydrogens is 284 g/mol. The first-order valence-electron chi connectivity index (χ1n) is 7.77. The minimum atomic E-state index is 0.412. The molecule has 0 aliphatic rings. The number of likely N-dealkylation sites (N-methyl/N-ethyl adjacent to an activating group) is 2. The molecule has 21 heavy (non-hydrogen) atoms. The monoisotopic (exact) mass is 312 g/mol. The zero-order valence-electron chi connectivity index (χ0n) is 14.0. The molecule has 0 saturated carbocycles. The highest BCUT2D eigenvalue weighted by Crippen LogP contribution is 2.21. The summed E-state index contributed by atoms with van der Waals surface area (Å²) in [6.45, 7) is 10.2. The third kappa shape index (κ3) is 5.81. The van der Waals surface area contributed by atoms with Gasteiger partial charge < -0.3 is 15.1 Å². The minimum absolute atomic E-state index is 0.412. The van der Waals surface area contributed by atoms with Gasteiger partial charge in [-0.15, -0.1) is 0 Å². The first-order valence-corrected chi connectivity index (χ1v) is 8.14. The molecule has 0 fully saturated rings. The van der Waals surface area contributed by atoms with Crippen LogP contribution in [0.1, 0.15) is 32.9 Å². The molecular formula is C16H29ClN4. The van der Waals surface area contributed by atoms with E-state index in [0.29, 0.717) is 6.04 Å². The van der Waals surface area contributed by atoms with Crippen LogP contribution in [-0.2, 0) is 6.54 Å². The van der Waals surface area contributed by atoms with Crippen molar-refractivity contribution in [2.24, 2.45) is 0 Å². The highest BCUT2D eigenvalue weighted by atomic mass is 35.5. The Balaban J connectivity index is 2.86. The van der Waals surface area contributed by atoms with E-state index >= 15 is 0 Å². The number of nitrogens with zero attached hydrogens (tertiary/aromatic N) is 3. The van der Waals surface area contributed by atoms with E-state index in [9.17, 15) is 0 Å². The highest BCUT2D eigenvalue weighted by Gasteiger charge is 2.16. The number of anilines is 1. The molecule has 1 aromatic rings. The number of hydrogen-bond acceptors (Lipinski definition) is 4. The number of halogens is 1. The summed E-state index contributed by atoms with van der Waals surface area (Å²) < 4.78 is 0. The molecule has 0 aliphatic heterocycles. The van der Waals surface area contributed by atoms with Gasteiger partial charge in [-0.3, -0.25) is 0 Å². The molecule has 1 heterocycles. The van der Waals surface area contributed by atoms with Crippen LogP contribution in [0.5, 0.6) is 0 Å². The Bertz CT molecular complexity index is 423. The fraction of sp³-hybridized carbons (Fsp3) is 0.688. The van der Waals surface area contributed by atoms with Crippen molar-refractivity contribution in [3.63, 3.8) is 0 Å². The molecule has 1 atom stereocenters. The van der Waals surface area contributed by atoms with Gasteiger partial charge >= 0.3 is 0 Å². The molecule has 1 rings (SSSR count). The van der Waals surface area contributed by atoms with Gasteiger partial charge in [0.05, 0.1) is 10.7 Å². The maximum Gasteiger partial charge on any atom is 0.129 e. The Hall–Kier alpha value is -0.840. The predicted octanol–water partition coefficient (Wildman–Crippen LogP) is 3.01. The molecule has 0 amide bonds. The van der Waals surface area contributed by atoms with Crippen LogP contribution in [0.3, 0.4) is 0 Å². The van der Waals surface area contributed by atoms with Crippen molar-refractivity contribution in [2.45, 2.75) is 39.8 Å². The lowest BCUT2D eigenvalue weighted by Gasteiger charge is -2.31. The summed E-state index contributed by atoms with van der Waals surface area (Å²) in [6, 6.07) is 4.38. The van der Waals surface area contributed by atoms with Crippen LogP contribution < -0.4 is 10.2 Å². The fourth-order valence-corrected chi connectivity index (χ4v) is 2.64. The second kappa shape index (κ2) is 9.23. The van der Waals surface area contributed by atoms with Crippen LogP contribution in [0.4, 0.5) is 5.82 Å². The van der Waals surface area contributed by atoms with Crippen molar-refractivity contribution in [1.29, 1.82) is 0 Å². The first-order chi connectivity index (χ1) is 9.99. The zero-order valence-corrected chi connectivity index (χ0v) is 14.7. The molecule has 1 aromatic heterocycles. The van der Waals surface area contributed by atoms with Gasteiger partial charge in [-0.2, -0.15) is 0 Å². The summed E-state index contributed by atoms with van der Waals surface area (Å²) in [7, 11) is 4.19. The van der Waals surface area contributed by atoms with Crippen molar-refractivity contribution in [1.82, 2.24) is 15.2 Å². The Morgan fingerprint density at radius 1 is 1.29 bits per heavy atom. The number of nitrogens with one attached hydrogen (secondary N) is 1. The van der Waals surface area contributed by atoms with Crippen molar-refractivity contribution in [3.8, 4) is 0 Å². The highest BCUT2D eigenvalue weighted by molar-refractivity contribution is 6.31. The SMILES string of the molecule is CCCNCc1nc(N(CC)C(C)CN(C)C)ccc1Cl. The quantitative estimate of drug-likeness (QED) is 0.710. The average molecular weight is 313 g/mol. The maximum absolute atomic E-state index is 6.26. The third-order valence-corrected chi connectivity index (χ3v) is 3.76. The van der Waals surface area contributed by atoms with Crippen LogP contribution in [0, 0.1) is 0 Å². The summed E-state index contributed by atoms with van der Waals surface area (Å²) in [5.41, 5.74) is 0.929. The van der Waals surface area contributed by atoms with Crippen LogP contribution >= 0.6 is 11.6 Å². The number of hydrogen-bond donors (Lipinski definition) is 1. The number of aromatic nitrogens is 1. The van der Waals surface area contributed by atoms with Crippen molar-refractivity contribution in [2.75, 3.05) is 38.6 Å². The molecule has 1 unspecified atom stereocenters. The van der Waals surface area contributed by atoms with E-state index in [2.05, 4.69) is 50.0 Å². The summed E-state index contributed by atoms with van der Waals surface area (Å²) in [6.07, 6.45) is 1.11. The Morgan fingerprint density at radius 2 is 2.00 bits per heavy atom. The lowest BCUT2D eigenvalue weighted by atomic mass is 10.2. The Morgan fingerprint density at radius 3 is 2.57 bits per heavy atom. The van der Waals surface area contributed by atoms with E-state index in [-0.39, 0.29) is 0 Å². The molecule has 0 aromatic carbocycles. The van der Waals surface area contributed by atoms with Crippen molar-refractivity contribution < 1.29 is 0 Å². The molecule has 4 nitrogen and oxygen atoms in total. The zero-order chi connectivity index (χ0) is 15.8. The average Bonchev–Trinajstić information content (AvgIpc) is 2.42. The Kier molecular flexibility index (Phi) is 8.01. The number of rotatable bonds is 9. The molecule has 5 heteroatoms. The lowest BCUT2D eigenvalue weighted by Crippen LogP contribution is -2.40. The van der Waals surface area contributed by atoms with E-state index < -0.39 is 0 Å². The van der Waals surface area contributed by atoms with Crippen LogP contribution in [0.2, 0.25) is 5.02 Å². The predicted molar refractivity (Wildman–Crippen MR) is 92.3 cm³/mol. The van der Waals surface area contributed by atoms with Crippen molar-refractivity contribution >= 4 is 17.4 Å². The second-order valence-corrected chi connectivity index (χ2v) is 6.08. The first kappa shape index (κ1) is 18.2. The van der Waals surface area contributed by atoms with E-state index in [4.69, 9.17) is 16.6 Å².